The summed E-state index contributed by atoms with van der Waals surface area (Å²) in [7, 11) is 0. The van der Waals surface area contributed by atoms with Crippen LogP contribution in [0.1, 0.15) is 26.1 Å². The summed E-state index contributed by atoms with van der Waals surface area (Å²) in [5.74, 6) is 0.759. The van der Waals surface area contributed by atoms with Crippen LogP contribution in [0.5, 0.6) is 0 Å². The summed E-state index contributed by atoms with van der Waals surface area (Å²) in [4.78, 5) is 28.0. The number of hydrogen-bond acceptors (Lipinski definition) is 4. The largest absolute Gasteiger partial charge is 0.431 e. The van der Waals surface area contributed by atoms with Crippen molar-refractivity contribution in [1.82, 2.24) is 9.55 Å². The summed E-state index contributed by atoms with van der Waals surface area (Å²) in [6.07, 6.45) is 0.650. The number of rotatable bonds is 1. The molecular formula is C15H14N2O3. The first-order chi connectivity index (χ1) is 9.58. The number of esters is 1. The van der Waals surface area contributed by atoms with Gasteiger partial charge < -0.3 is 4.74 Å². The molecule has 2 heterocycles. The fraction of sp³-hybridized carbons (Fsp3) is 0.267. The standard InChI is InChI=1S/C15H14N2O3/c1-9(20-10(2)18)11-7-8-17-14(11)16-13-6-4-3-5-12(13)15(17)19/h3-6H,7-8H2,1-2H3. The lowest BCUT2D eigenvalue weighted by Crippen LogP contribution is -2.20. The van der Waals surface area contributed by atoms with Gasteiger partial charge in [0, 0.05) is 19.0 Å². The van der Waals surface area contributed by atoms with E-state index in [1.165, 1.54) is 6.92 Å². The molecule has 0 N–H and O–H groups in total. The average molecular weight is 270 g/mol. The van der Waals surface area contributed by atoms with Crippen molar-refractivity contribution in [2.24, 2.45) is 0 Å². The lowest BCUT2D eigenvalue weighted by Gasteiger charge is -2.07. The van der Waals surface area contributed by atoms with Gasteiger partial charge in [-0.2, -0.15) is 0 Å². The van der Waals surface area contributed by atoms with Gasteiger partial charge in [-0.3, -0.25) is 14.2 Å². The van der Waals surface area contributed by atoms with E-state index in [1.807, 2.05) is 18.2 Å². The Bertz CT molecular complexity index is 802. The summed E-state index contributed by atoms with van der Waals surface area (Å²) in [6.45, 7) is 3.66. The normalized spacial score (nSPS) is 16.1. The first kappa shape index (κ1) is 12.6. The number of carbonyl (C=O) groups excluding carboxylic acids is 1. The monoisotopic (exact) mass is 270 g/mol. The zero-order valence-corrected chi connectivity index (χ0v) is 11.3. The average Bonchev–Trinajstić information content (AvgIpc) is 2.82. The third-order valence-electron chi connectivity index (χ3n) is 3.44. The quantitative estimate of drug-likeness (QED) is 0.588. The Balaban J connectivity index is 2.24. The minimum absolute atomic E-state index is 0.0452. The van der Waals surface area contributed by atoms with Crippen molar-refractivity contribution >= 4 is 22.4 Å². The third kappa shape index (κ3) is 1.91. The molecule has 0 saturated carbocycles. The molecule has 5 heteroatoms. The summed E-state index contributed by atoms with van der Waals surface area (Å²) >= 11 is 0. The van der Waals surface area contributed by atoms with Gasteiger partial charge in [0.1, 0.15) is 11.6 Å². The van der Waals surface area contributed by atoms with Gasteiger partial charge in [-0.25, -0.2) is 4.98 Å². The van der Waals surface area contributed by atoms with Gasteiger partial charge in [0.05, 0.1) is 10.9 Å². The van der Waals surface area contributed by atoms with Gasteiger partial charge in [-0.05, 0) is 25.5 Å². The number of nitrogens with zero attached hydrogens (tertiary/aromatic N) is 2. The molecule has 0 bridgehead atoms. The predicted octanol–water partition coefficient (Wildman–Crippen LogP) is 2.09. The molecule has 0 atom stereocenters. The molecule has 5 nitrogen and oxygen atoms in total. The van der Waals surface area contributed by atoms with Crippen molar-refractivity contribution in [3.63, 3.8) is 0 Å². The maximum atomic E-state index is 12.4. The van der Waals surface area contributed by atoms with Crippen LogP contribution < -0.4 is 5.56 Å². The molecule has 0 unspecified atom stereocenters. The molecule has 0 saturated heterocycles. The number of hydrogen-bond donors (Lipinski definition) is 0. The molecule has 0 aliphatic carbocycles. The number of para-hydroxylation sites is 1. The van der Waals surface area contributed by atoms with E-state index >= 15 is 0 Å². The van der Waals surface area contributed by atoms with E-state index in [-0.39, 0.29) is 11.5 Å². The molecule has 0 radical (unpaired) electrons. The van der Waals surface area contributed by atoms with Gasteiger partial charge in [-0.1, -0.05) is 12.1 Å². The molecule has 1 aromatic heterocycles. The molecule has 2 aromatic rings. The van der Waals surface area contributed by atoms with Crippen LogP contribution in [-0.2, 0) is 16.1 Å². The fourth-order valence-corrected chi connectivity index (χ4v) is 2.55. The smallest absolute Gasteiger partial charge is 0.307 e. The summed E-state index contributed by atoms with van der Waals surface area (Å²) in [5.41, 5.74) is 1.44. The van der Waals surface area contributed by atoms with E-state index in [0.29, 0.717) is 35.5 Å². The van der Waals surface area contributed by atoms with E-state index in [4.69, 9.17) is 4.74 Å². The highest BCUT2D eigenvalue weighted by Crippen LogP contribution is 2.28. The maximum Gasteiger partial charge on any atom is 0.307 e. The van der Waals surface area contributed by atoms with E-state index in [0.717, 1.165) is 5.57 Å². The second-order valence-corrected chi connectivity index (χ2v) is 4.79. The van der Waals surface area contributed by atoms with Crippen molar-refractivity contribution in [3.8, 4) is 0 Å². The summed E-state index contributed by atoms with van der Waals surface area (Å²) in [6, 6.07) is 7.27. The highest BCUT2D eigenvalue weighted by molar-refractivity contribution is 5.80. The molecule has 1 aliphatic heterocycles. The molecule has 0 fully saturated rings. The van der Waals surface area contributed by atoms with Gasteiger partial charge in [0.15, 0.2) is 0 Å². The molecule has 0 spiro atoms. The van der Waals surface area contributed by atoms with Crippen LogP contribution in [0.2, 0.25) is 0 Å². The molecule has 1 aliphatic rings. The van der Waals surface area contributed by atoms with Crippen molar-refractivity contribution < 1.29 is 9.53 Å². The van der Waals surface area contributed by atoms with Crippen LogP contribution in [0.15, 0.2) is 34.8 Å². The SMILES string of the molecule is CC(=O)OC(C)=C1CCn2c1nc1ccccc1c2=O. The molecule has 0 amide bonds. The lowest BCUT2D eigenvalue weighted by molar-refractivity contribution is -0.136. The third-order valence-corrected chi connectivity index (χ3v) is 3.44. The maximum absolute atomic E-state index is 12.4. The van der Waals surface area contributed by atoms with Gasteiger partial charge >= 0.3 is 5.97 Å². The van der Waals surface area contributed by atoms with Crippen LogP contribution >= 0.6 is 0 Å². The Labute approximate surface area is 115 Å². The first-order valence-corrected chi connectivity index (χ1v) is 6.46. The van der Waals surface area contributed by atoms with Gasteiger partial charge in [0.25, 0.3) is 5.56 Å². The number of aromatic nitrogens is 2. The van der Waals surface area contributed by atoms with Crippen molar-refractivity contribution in [1.29, 1.82) is 0 Å². The Morgan fingerprint density at radius 2 is 2.05 bits per heavy atom. The zero-order chi connectivity index (χ0) is 14.3. The molecule has 102 valence electrons. The number of carbonyl (C=O) groups is 1. The van der Waals surface area contributed by atoms with E-state index < -0.39 is 0 Å². The number of ether oxygens (including phenoxy) is 1. The Morgan fingerprint density at radius 3 is 2.80 bits per heavy atom. The van der Waals surface area contributed by atoms with E-state index in [2.05, 4.69) is 4.98 Å². The van der Waals surface area contributed by atoms with Gasteiger partial charge in [-0.15, -0.1) is 0 Å². The first-order valence-electron chi connectivity index (χ1n) is 6.46. The number of benzene rings is 1. The van der Waals surface area contributed by atoms with Crippen molar-refractivity contribution in [2.45, 2.75) is 26.8 Å². The van der Waals surface area contributed by atoms with E-state index in [9.17, 15) is 9.59 Å². The van der Waals surface area contributed by atoms with Crippen LogP contribution in [0.4, 0.5) is 0 Å². The predicted molar refractivity (Wildman–Crippen MR) is 75.0 cm³/mol. The van der Waals surface area contributed by atoms with Crippen molar-refractivity contribution in [3.05, 3.63) is 46.2 Å². The minimum atomic E-state index is -0.364. The number of allylic oxidation sites excluding steroid dienone is 2. The Hall–Kier alpha value is -2.43. The van der Waals surface area contributed by atoms with Crippen LogP contribution in [-0.4, -0.2) is 15.5 Å². The summed E-state index contributed by atoms with van der Waals surface area (Å²) < 4.78 is 6.77. The van der Waals surface area contributed by atoms with E-state index in [1.54, 1.807) is 17.6 Å². The summed E-state index contributed by atoms with van der Waals surface area (Å²) in [5, 5.41) is 0.614. The fourth-order valence-electron chi connectivity index (χ4n) is 2.55. The number of fused-ring (bicyclic) bond motifs is 2. The lowest BCUT2D eigenvalue weighted by atomic mass is 10.2. The van der Waals surface area contributed by atoms with Crippen LogP contribution in [0.3, 0.4) is 0 Å². The second kappa shape index (κ2) is 4.59. The second-order valence-electron chi connectivity index (χ2n) is 4.79. The zero-order valence-electron chi connectivity index (χ0n) is 11.3. The van der Waals surface area contributed by atoms with Crippen molar-refractivity contribution in [2.75, 3.05) is 0 Å². The molecular weight excluding hydrogens is 256 g/mol. The Morgan fingerprint density at radius 1 is 1.30 bits per heavy atom. The minimum Gasteiger partial charge on any atom is -0.431 e. The Kier molecular flexibility index (Phi) is 2.89. The van der Waals surface area contributed by atoms with Gasteiger partial charge in [0.2, 0.25) is 0 Å². The highest BCUT2D eigenvalue weighted by atomic mass is 16.5. The molecule has 20 heavy (non-hydrogen) atoms. The highest BCUT2D eigenvalue weighted by Gasteiger charge is 2.23. The van der Waals surface area contributed by atoms with Crippen LogP contribution in [0.25, 0.3) is 16.5 Å². The molecule has 3 rings (SSSR count). The van der Waals surface area contributed by atoms with Crippen LogP contribution in [0, 0.1) is 0 Å². The molecule has 1 aromatic carbocycles. The topological polar surface area (TPSA) is 61.2 Å².